The van der Waals surface area contributed by atoms with Crippen LogP contribution in [-0.2, 0) is 0 Å². The number of hydrogen-bond acceptors (Lipinski definition) is 5. The third kappa shape index (κ3) is 3.54. The Morgan fingerprint density at radius 3 is 2.82 bits per heavy atom. The molecule has 0 aliphatic heterocycles. The summed E-state index contributed by atoms with van der Waals surface area (Å²) in [6.45, 7) is 1.92. The molecule has 0 amide bonds. The van der Waals surface area contributed by atoms with Gasteiger partial charge in [-0.2, -0.15) is 5.26 Å². The number of nitrogens with zero attached hydrogens (tertiary/aromatic N) is 2. The average molecular weight is 347 g/mol. The molecule has 0 bridgehead atoms. The molecule has 90 valence electrons. The molecule has 0 aliphatic rings. The Balaban J connectivity index is 3.18. The number of ether oxygens (including phenoxy) is 1. The molecule has 1 aromatic carbocycles. The molecule has 1 atom stereocenters. The molecule has 7 heteroatoms. The Morgan fingerprint density at radius 1 is 1.71 bits per heavy atom. The lowest BCUT2D eigenvalue weighted by Crippen LogP contribution is -2.24. The van der Waals surface area contributed by atoms with Gasteiger partial charge in [0.15, 0.2) is 0 Å². The summed E-state index contributed by atoms with van der Waals surface area (Å²) in [5, 5.41) is 19.6. The van der Waals surface area contributed by atoms with E-state index in [9.17, 15) is 10.1 Å². The molecule has 1 rings (SSSR count). The van der Waals surface area contributed by atoms with Gasteiger partial charge in [0.2, 0.25) is 5.75 Å². The minimum absolute atomic E-state index is 0.159. The van der Waals surface area contributed by atoms with Gasteiger partial charge in [0.1, 0.15) is 6.61 Å². The lowest BCUT2D eigenvalue weighted by Gasteiger charge is -2.10. The SMILES string of the molecule is CC(N)COc1c(I)cc(C#N)cc1[N+](=O)[O-]. The van der Waals surface area contributed by atoms with E-state index in [1.165, 1.54) is 12.1 Å². The van der Waals surface area contributed by atoms with Crippen molar-refractivity contribution < 1.29 is 9.66 Å². The highest BCUT2D eigenvalue weighted by Crippen LogP contribution is 2.33. The molecule has 0 heterocycles. The van der Waals surface area contributed by atoms with Gasteiger partial charge >= 0.3 is 5.69 Å². The second-order valence-electron chi connectivity index (χ2n) is 3.46. The molecule has 0 radical (unpaired) electrons. The second kappa shape index (κ2) is 5.79. The van der Waals surface area contributed by atoms with Crippen LogP contribution in [0.25, 0.3) is 0 Å². The number of benzene rings is 1. The van der Waals surface area contributed by atoms with Crippen LogP contribution in [0, 0.1) is 25.0 Å². The molecule has 1 unspecified atom stereocenters. The van der Waals surface area contributed by atoms with Crippen molar-refractivity contribution in [1.82, 2.24) is 0 Å². The van der Waals surface area contributed by atoms with Gasteiger partial charge in [-0.15, -0.1) is 0 Å². The number of hydrogen-bond donors (Lipinski definition) is 1. The molecule has 0 aliphatic carbocycles. The van der Waals surface area contributed by atoms with Crippen LogP contribution in [0.4, 0.5) is 5.69 Å². The van der Waals surface area contributed by atoms with Gasteiger partial charge in [-0.05, 0) is 35.6 Å². The monoisotopic (exact) mass is 347 g/mol. The minimum atomic E-state index is -0.570. The van der Waals surface area contributed by atoms with Crippen LogP contribution in [0.5, 0.6) is 5.75 Å². The lowest BCUT2D eigenvalue weighted by atomic mass is 10.2. The van der Waals surface area contributed by atoms with Crippen molar-refractivity contribution in [3.8, 4) is 11.8 Å². The van der Waals surface area contributed by atoms with Gasteiger partial charge in [-0.3, -0.25) is 10.1 Å². The van der Waals surface area contributed by atoms with Crippen LogP contribution < -0.4 is 10.5 Å². The van der Waals surface area contributed by atoms with E-state index in [-0.39, 0.29) is 29.6 Å². The van der Waals surface area contributed by atoms with E-state index >= 15 is 0 Å². The highest BCUT2D eigenvalue weighted by molar-refractivity contribution is 14.1. The van der Waals surface area contributed by atoms with Gasteiger partial charge in [0.25, 0.3) is 0 Å². The summed E-state index contributed by atoms with van der Waals surface area (Å²) >= 11 is 1.89. The maximum atomic E-state index is 10.9. The zero-order valence-electron chi connectivity index (χ0n) is 9.01. The van der Waals surface area contributed by atoms with Crippen molar-refractivity contribution in [2.45, 2.75) is 13.0 Å². The molecule has 0 aromatic heterocycles. The Labute approximate surface area is 112 Å². The summed E-state index contributed by atoms with van der Waals surface area (Å²) in [6.07, 6.45) is 0. The molecule has 2 N–H and O–H groups in total. The number of rotatable bonds is 4. The largest absolute Gasteiger partial charge is 0.484 e. The van der Waals surface area contributed by atoms with Crippen molar-refractivity contribution in [2.75, 3.05) is 6.61 Å². The highest BCUT2D eigenvalue weighted by atomic mass is 127. The van der Waals surface area contributed by atoms with Crippen molar-refractivity contribution in [2.24, 2.45) is 5.73 Å². The van der Waals surface area contributed by atoms with Crippen LogP contribution in [0.2, 0.25) is 0 Å². The summed E-state index contributed by atoms with van der Waals surface area (Å²) in [6, 6.07) is 4.37. The van der Waals surface area contributed by atoms with Crippen molar-refractivity contribution in [3.63, 3.8) is 0 Å². The fourth-order valence-electron chi connectivity index (χ4n) is 1.14. The average Bonchev–Trinajstić information content (AvgIpc) is 2.25. The standard InChI is InChI=1S/C10H10IN3O3/c1-6(13)5-17-10-8(11)2-7(4-12)3-9(10)14(15)16/h2-3,6H,5,13H2,1H3. The first-order valence-electron chi connectivity index (χ1n) is 4.72. The smallest absolute Gasteiger partial charge is 0.313 e. The van der Waals surface area contributed by atoms with Gasteiger partial charge < -0.3 is 10.5 Å². The minimum Gasteiger partial charge on any atom is -0.484 e. The van der Waals surface area contributed by atoms with E-state index in [0.717, 1.165) is 0 Å². The summed E-state index contributed by atoms with van der Waals surface area (Å²) in [4.78, 5) is 10.3. The maximum Gasteiger partial charge on any atom is 0.313 e. The van der Waals surface area contributed by atoms with E-state index in [1.54, 1.807) is 6.92 Å². The third-order valence-electron chi connectivity index (χ3n) is 1.84. The van der Waals surface area contributed by atoms with E-state index in [0.29, 0.717) is 3.57 Å². The van der Waals surface area contributed by atoms with Gasteiger partial charge in [0, 0.05) is 12.1 Å². The van der Waals surface area contributed by atoms with Crippen LogP contribution in [-0.4, -0.2) is 17.6 Å². The Hall–Kier alpha value is -1.40. The fourth-order valence-corrected chi connectivity index (χ4v) is 1.90. The van der Waals surface area contributed by atoms with E-state index in [4.69, 9.17) is 15.7 Å². The lowest BCUT2D eigenvalue weighted by molar-refractivity contribution is -0.386. The summed E-state index contributed by atoms with van der Waals surface area (Å²) in [7, 11) is 0. The summed E-state index contributed by atoms with van der Waals surface area (Å²) < 4.78 is 5.83. The van der Waals surface area contributed by atoms with E-state index < -0.39 is 4.92 Å². The van der Waals surface area contributed by atoms with Crippen LogP contribution in [0.15, 0.2) is 12.1 Å². The molecule has 6 nitrogen and oxygen atoms in total. The van der Waals surface area contributed by atoms with Crippen molar-refractivity contribution >= 4 is 28.3 Å². The number of nitriles is 1. The zero-order valence-corrected chi connectivity index (χ0v) is 11.2. The predicted octanol–water partition coefficient (Wildman–Crippen LogP) is 1.80. The molecule has 0 fully saturated rings. The van der Waals surface area contributed by atoms with Crippen molar-refractivity contribution in [1.29, 1.82) is 5.26 Å². The highest BCUT2D eigenvalue weighted by Gasteiger charge is 2.20. The number of nitro groups is 1. The number of nitro benzene ring substituents is 1. The molecule has 1 aromatic rings. The Kier molecular flexibility index (Phi) is 4.65. The first-order valence-corrected chi connectivity index (χ1v) is 5.80. The molecule has 0 spiro atoms. The zero-order chi connectivity index (χ0) is 13.0. The second-order valence-corrected chi connectivity index (χ2v) is 4.63. The third-order valence-corrected chi connectivity index (χ3v) is 2.64. The fraction of sp³-hybridized carbons (Fsp3) is 0.300. The maximum absolute atomic E-state index is 10.9. The summed E-state index contributed by atoms with van der Waals surface area (Å²) in [5.74, 6) is 0.159. The molecule has 0 saturated carbocycles. The summed E-state index contributed by atoms with van der Waals surface area (Å²) in [5.41, 5.74) is 5.54. The molecular weight excluding hydrogens is 337 g/mol. The number of halogens is 1. The first-order chi connectivity index (χ1) is 7.95. The van der Waals surface area contributed by atoms with Gasteiger partial charge in [-0.1, -0.05) is 0 Å². The normalized spacial score (nSPS) is 11.6. The van der Waals surface area contributed by atoms with Crippen LogP contribution in [0.3, 0.4) is 0 Å². The van der Waals surface area contributed by atoms with Gasteiger partial charge in [-0.25, -0.2) is 0 Å². The van der Waals surface area contributed by atoms with E-state index in [1.807, 2.05) is 28.7 Å². The Bertz CT molecular complexity index is 482. The molecular formula is C10H10IN3O3. The predicted molar refractivity (Wildman–Crippen MR) is 69.7 cm³/mol. The quantitative estimate of drug-likeness (QED) is 0.508. The Morgan fingerprint density at radius 2 is 2.35 bits per heavy atom. The molecule has 17 heavy (non-hydrogen) atoms. The topological polar surface area (TPSA) is 102 Å². The van der Waals surface area contributed by atoms with Crippen molar-refractivity contribution in [3.05, 3.63) is 31.4 Å². The first kappa shape index (κ1) is 13.7. The van der Waals surface area contributed by atoms with Crippen LogP contribution >= 0.6 is 22.6 Å². The number of nitrogens with two attached hydrogens (primary N) is 1. The van der Waals surface area contributed by atoms with E-state index in [2.05, 4.69) is 0 Å². The van der Waals surface area contributed by atoms with Gasteiger partial charge in [0.05, 0.1) is 20.1 Å². The van der Waals surface area contributed by atoms with Crippen LogP contribution in [0.1, 0.15) is 12.5 Å². The molecule has 0 saturated heterocycles.